The van der Waals surface area contributed by atoms with Crippen LogP contribution in [0.2, 0.25) is 0 Å². The van der Waals surface area contributed by atoms with Crippen molar-refractivity contribution in [2.45, 2.75) is 13.5 Å². The third-order valence-electron chi connectivity index (χ3n) is 3.26. The van der Waals surface area contributed by atoms with E-state index in [0.717, 1.165) is 11.9 Å². The predicted octanol–water partition coefficient (Wildman–Crippen LogP) is 1.80. The molecule has 2 aromatic rings. The number of carbonyl (C=O) groups excluding carboxylic acids is 1. The van der Waals surface area contributed by atoms with Gasteiger partial charge in [-0.2, -0.15) is 0 Å². The van der Waals surface area contributed by atoms with Crippen molar-refractivity contribution in [1.82, 2.24) is 10.3 Å². The second-order valence-electron chi connectivity index (χ2n) is 4.98. The number of nitrogens with zero attached hydrogens (tertiary/aromatic N) is 2. The summed E-state index contributed by atoms with van der Waals surface area (Å²) in [4.78, 5) is 16.2. The van der Waals surface area contributed by atoms with Gasteiger partial charge in [0.2, 0.25) is 10.0 Å². The minimum Gasteiger partial charge on any atom is -0.346 e. The van der Waals surface area contributed by atoms with Crippen LogP contribution in [0.5, 0.6) is 0 Å². The maximum absolute atomic E-state index is 12.1. The molecule has 1 amide bonds. The van der Waals surface area contributed by atoms with Gasteiger partial charge in [0.1, 0.15) is 0 Å². The minimum absolute atomic E-state index is 0.232. The third kappa shape index (κ3) is 4.53. The van der Waals surface area contributed by atoms with E-state index < -0.39 is 10.0 Å². The molecule has 1 aromatic heterocycles. The molecule has 1 heterocycles. The molecule has 0 saturated carbocycles. The van der Waals surface area contributed by atoms with Gasteiger partial charge in [-0.15, -0.1) is 0 Å². The summed E-state index contributed by atoms with van der Waals surface area (Å²) in [5.74, 6) is -0.232. The quantitative estimate of drug-likeness (QED) is 0.874. The molecule has 122 valence electrons. The Hall–Kier alpha value is -2.41. The highest BCUT2D eigenvalue weighted by Gasteiger charge is 2.15. The number of benzene rings is 1. The zero-order valence-corrected chi connectivity index (χ0v) is 13.9. The van der Waals surface area contributed by atoms with E-state index in [-0.39, 0.29) is 5.91 Å². The number of nitrogens with one attached hydrogen (secondary N) is 1. The van der Waals surface area contributed by atoms with Crippen LogP contribution in [0.15, 0.2) is 48.7 Å². The van der Waals surface area contributed by atoms with Crippen molar-refractivity contribution in [2.75, 3.05) is 17.1 Å². The summed E-state index contributed by atoms with van der Waals surface area (Å²) < 4.78 is 24.6. The van der Waals surface area contributed by atoms with E-state index in [1.54, 1.807) is 37.4 Å². The highest BCUT2D eigenvalue weighted by Crippen LogP contribution is 2.18. The Morgan fingerprint density at radius 3 is 2.39 bits per heavy atom. The molecule has 1 aromatic carbocycles. The van der Waals surface area contributed by atoms with Crippen molar-refractivity contribution >= 4 is 21.6 Å². The topological polar surface area (TPSA) is 79.4 Å². The molecule has 1 N–H and O–H groups in total. The summed E-state index contributed by atoms with van der Waals surface area (Å²) in [7, 11) is -3.32. The van der Waals surface area contributed by atoms with Crippen LogP contribution in [0.25, 0.3) is 0 Å². The van der Waals surface area contributed by atoms with Crippen LogP contribution < -0.4 is 9.62 Å². The number of pyridine rings is 1. The van der Waals surface area contributed by atoms with Gasteiger partial charge in [0.05, 0.1) is 24.2 Å². The van der Waals surface area contributed by atoms with Crippen LogP contribution in [0, 0.1) is 0 Å². The number of hydrogen-bond donors (Lipinski definition) is 1. The number of rotatable bonds is 6. The fourth-order valence-electron chi connectivity index (χ4n) is 2.16. The first kappa shape index (κ1) is 17.0. The van der Waals surface area contributed by atoms with Crippen molar-refractivity contribution in [2.24, 2.45) is 0 Å². The van der Waals surface area contributed by atoms with Crippen molar-refractivity contribution in [3.63, 3.8) is 0 Å². The summed E-state index contributed by atoms with van der Waals surface area (Å²) >= 11 is 0. The van der Waals surface area contributed by atoms with Crippen molar-refractivity contribution in [3.05, 3.63) is 59.9 Å². The molecule has 2 rings (SSSR count). The lowest BCUT2D eigenvalue weighted by atomic mass is 10.2. The summed E-state index contributed by atoms with van der Waals surface area (Å²) in [5, 5.41) is 2.77. The first-order valence-electron chi connectivity index (χ1n) is 7.17. The Morgan fingerprint density at radius 2 is 1.87 bits per heavy atom. The van der Waals surface area contributed by atoms with Gasteiger partial charge in [-0.3, -0.25) is 14.1 Å². The van der Waals surface area contributed by atoms with Crippen LogP contribution in [-0.2, 0) is 16.6 Å². The van der Waals surface area contributed by atoms with Gasteiger partial charge in [-0.1, -0.05) is 6.07 Å². The fourth-order valence-corrected chi connectivity index (χ4v) is 3.14. The Balaban J connectivity index is 2.05. The average Bonchev–Trinajstić information content (AvgIpc) is 2.53. The molecule has 0 radical (unpaired) electrons. The summed E-state index contributed by atoms with van der Waals surface area (Å²) in [5.41, 5.74) is 1.78. The van der Waals surface area contributed by atoms with Gasteiger partial charge in [-0.25, -0.2) is 8.42 Å². The number of hydrogen-bond acceptors (Lipinski definition) is 4. The number of carbonyl (C=O) groups is 1. The highest BCUT2D eigenvalue weighted by molar-refractivity contribution is 7.92. The standard InChI is InChI=1S/C16H19N3O3S/c1-3-19(23(2,21)22)15-9-7-13(8-10-15)16(20)18-12-14-6-4-5-11-17-14/h4-11H,3,12H2,1-2H3,(H,18,20). The second kappa shape index (κ2) is 7.23. The van der Waals surface area contributed by atoms with Gasteiger partial charge in [0.15, 0.2) is 0 Å². The maximum atomic E-state index is 12.1. The van der Waals surface area contributed by atoms with E-state index >= 15 is 0 Å². The summed E-state index contributed by atoms with van der Waals surface area (Å²) in [6.45, 7) is 2.43. The van der Waals surface area contributed by atoms with Gasteiger partial charge in [-0.05, 0) is 43.3 Å². The largest absolute Gasteiger partial charge is 0.346 e. The van der Waals surface area contributed by atoms with E-state index in [4.69, 9.17) is 0 Å². The molecular weight excluding hydrogens is 314 g/mol. The van der Waals surface area contributed by atoms with Crippen molar-refractivity contribution in [3.8, 4) is 0 Å². The monoisotopic (exact) mass is 333 g/mol. The fraction of sp³-hybridized carbons (Fsp3) is 0.250. The third-order valence-corrected chi connectivity index (χ3v) is 4.53. The average molecular weight is 333 g/mol. The van der Waals surface area contributed by atoms with Crippen LogP contribution >= 0.6 is 0 Å². The van der Waals surface area contributed by atoms with E-state index in [9.17, 15) is 13.2 Å². The molecule has 0 atom stereocenters. The van der Waals surface area contributed by atoms with Crippen molar-refractivity contribution in [1.29, 1.82) is 0 Å². The molecule has 0 aliphatic heterocycles. The normalized spacial score (nSPS) is 11.0. The van der Waals surface area contributed by atoms with Gasteiger partial charge in [0, 0.05) is 18.3 Å². The van der Waals surface area contributed by atoms with E-state index in [0.29, 0.717) is 24.3 Å². The zero-order chi connectivity index (χ0) is 16.9. The lowest BCUT2D eigenvalue weighted by Gasteiger charge is -2.20. The first-order valence-corrected chi connectivity index (χ1v) is 9.02. The first-order chi connectivity index (χ1) is 10.9. The Kier molecular flexibility index (Phi) is 5.33. The Morgan fingerprint density at radius 1 is 1.17 bits per heavy atom. The molecule has 0 fully saturated rings. The van der Waals surface area contributed by atoms with Crippen molar-refractivity contribution < 1.29 is 13.2 Å². The lowest BCUT2D eigenvalue weighted by Crippen LogP contribution is -2.29. The highest BCUT2D eigenvalue weighted by atomic mass is 32.2. The molecule has 0 spiro atoms. The zero-order valence-electron chi connectivity index (χ0n) is 13.1. The molecule has 0 aliphatic rings. The Labute approximate surface area is 136 Å². The van der Waals surface area contributed by atoms with Gasteiger partial charge < -0.3 is 5.32 Å². The smallest absolute Gasteiger partial charge is 0.251 e. The number of sulfonamides is 1. The number of anilines is 1. The molecule has 0 aliphatic carbocycles. The van der Waals surface area contributed by atoms with E-state index in [1.165, 1.54) is 4.31 Å². The minimum atomic E-state index is -3.32. The maximum Gasteiger partial charge on any atom is 0.251 e. The van der Waals surface area contributed by atoms with Gasteiger partial charge >= 0.3 is 0 Å². The summed E-state index contributed by atoms with van der Waals surface area (Å²) in [6.07, 6.45) is 2.82. The molecule has 0 unspecified atom stereocenters. The Bertz CT molecular complexity index is 759. The number of aromatic nitrogens is 1. The second-order valence-corrected chi connectivity index (χ2v) is 6.89. The molecule has 0 bridgehead atoms. The summed E-state index contributed by atoms with van der Waals surface area (Å²) in [6, 6.07) is 12.0. The van der Waals surface area contributed by atoms with E-state index in [2.05, 4.69) is 10.3 Å². The van der Waals surface area contributed by atoms with Crippen LogP contribution in [0.3, 0.4) is 0 Å². The van der Waals surface area contributed by atoms with Crippen LogP contribution in [0.4, 0.5) is 5.69 Å². The number of amides is 1. The van der Waals surface area contributed by atoms with Crippen LogP contribution in [-0.4, -0.2) is 32.1 Å². The van der Waals surface area contributed by atoms with Crippen LogP contribution in [0.1, 0.15) is 23.0 Å². The molecule has 23 heavy (non-hydrogen) atoms. The molecule has 7 heteroatoms. The molecule has 0 saturated heterocycles. The SMILES string of the molecule is CCN(c1ccc(C(=O)NCc2ccccn2)cc1)S(C)(=O)=O. The predicted molar refractivity (Wildman–Crippen MR) is 89.7 cm³/mol. The molecule has 6 nitrogen and oxygen atoms in total. The van der Waals surface area contributed by atoms with Gasteiger partial charge in [0.25, 0.3) is 5.91 Å². The lowest BCUT2D eigenvalue weighted by molar-refractivity contribution is 0.0950. The molecular formula is C16H19N3O3S. The van der Waals surface area contributed by atoms with E-state index in [1.807, 2.05) is 18.2 Å².